The molecule has 0 fully saturated rings. The van der Waals surface area contributed by atoms with Gasteiger partial charge in [-0.1, -0.05) is 31.5 Å². The van der Waals surface area contributed by atoms with Crippen molar-refractivity contribution in [2.75, 3.05) is 23.8 Å². The standard InChI is InChI=1S/C20H25ClN2O2/c1-14(2)11-12-25-17-9-7-16(8-10-17)23-20(24)13-22-19-6-4-5-18(21)15(19)3/h4-10,14,22H,11-13H2,1-3H3,(H,23,24). The second-order valence-electron chi connectivity index (χ2n) is 6.37. The lowest BCUT2D eigenvalue weighted by Gasteiger charge is -2.12. The van der Waals surface area contributed by atoms with Crippen LogP contribution in [0.2, 0.25) is 5.02 Å². The number of ether oxygens (including phenoxy) is 1. The summed E-state index contributed by atoms with van der Waals surface area (Å²) in [6.45, 7) is 7.13. The van der Waals surface area contributed by atoms with E-state index in [2.05, 4.69) is 24.5 Å². The Morgan fingerprint density at radius 1 is 1.16 bits per heavy atom. The van der Waals surface area contributed by atoms with Crippen LogP contribution in [0.15, 0.2) is 42.5 Å². The Bertz CT molecular complexity index is 699. The fourth-order valence-corrected chi connectivity index (χ4v) is 2.40. The molecule has 0 unspecified atom stereocenters. The van der Waals surface area contributed by atoms with Crippen LogP contribution in [0.25, 0.3) is 0 Å². The predicted molar refractivity (Wildman–Crippen MR) is 105 cm³/mol. The molecule has 0 aliphatic carbocycles. The van der Waals surface area contributed by atoms with Crippen LogP contribution in [0.5, 0.6) is 5.75 Å². The van der Waals surface area contributed by atoms with Crippen LogP contribution in [0.4, 0.5) is 11.4 Å². The van der Waals surface area contributed by atoms with Gasteiger partial charge >= 0.3 is 0 Å². The number of carbonyl (C=O) groups excluding carboxylic acids is 1. The third-order valence-corrected chi connectivity index (χ3v) is 4.22. The van der Waals surface area contributed by atoms with E-state index < -0.39 is 0 Å². The Kier molecular flexibility index (Phi) is 7.14. The summed E-state index contributed by atoms with van der Waals surface area (Å²) in [5, 5.41) is 6.64. The quantitative estimate of drug-likeness (QED) is 0.686. The van der Waals surface area contributed by atoms with E-state index in [1.807, 2.05) is 49.4 Å². The fourth-order valence-electron chi connectivity index (χ4n) is 2.23. The van der Waals surface area contributed by atoms with Crippen molar-refractivity contribution in [3.63, 3.8) is 0 Å². The number of hydrogen-bond acceptors (Lipinski definition) is 3. The summed E-state index contributed by atoms with van der Waals surface area (Å²) >= 11 is 6.07. The van der Waals surface area contributed by atoms with Gasteiger partial charge in [-0.05, 0) is 61.2 Å². The van der Waals surface area contributed by atoms with Gasteiger partial charge in [0.25, 0.3) is 0 Å². The van der Waals surface area contributed by atoms with Crippen LogP contribution >= 0.6 is 11.6 Å². The molecule has 5 heteroatoms. The second-order valence-corrected chi connectivity index (χ2v) is 6.78. The van der Waals surface area contributed by atoms with E-state index in [0.29, 0.717) is 17.5 Å². The average molecular weight is 361 g/mol. The smallest absolute Gasteiger partial charge is 0.243 e. The summed E-state index contributed by atoms with van der Waals surface area (Å²) < 4.78 is 5.67. The van der Waals surface area contributed by atoms with Crippen molar-refractivity contribution >= 4 is 28.9 Å². The molecule has 0 aliphatic heterocycles. The lowest BCUT2D eigenvalue weighted by Crippen LogP contribution is -2.22. The molecule has 0 radical (unpaired) electrons. The molecular formula is C20H25ClN2O2. The van der Waals surface area contributed by atoms with E-state index >= 15 is 0 Å². The first-order valence-electron chi connectivity index (χ1n) is 8.47. The maximum Gasteiger partial charge on any atom is 0.243 e. The van der Waals surface area contributed by atoms with Gasteiger partial charge in [0.05, 0.1) is 13.2 Å². The molecule has 0 aromatic heterocycles. The molecule has 0 atom stereocenters. The average Bonchev–Trinajstić information content (AvgIpc) is 2.57. The maximum absolute atomic E-state index is 12.1. The predicted octanol–water partition coefficient (Wildman–Crippen LogP) is 5.12. The van der Waals surface area contributed by atoms with Crippen molar-refractivity contribution in [1.29, 1.82) is 0 Å². The molecule has 0 saturated heterocycles. The molecule has 1 amide bonds. The molecule has 2 N–H and O–H groups in total. The van der Waals surface area contributed by atoms with Crippen LogP contribution < -0.4 is 15.4 Å². The van der Waals surface area contributed by atoms with Gasteiger partial charge in [0, 0.05) is 16.4 Å². The molecule has 2 rings (SSSR count). The summed E-state index contributed by atoms with van der Waals surface area (Å²) in [4.78, 5) is 12.1. The molecule has 2 aromatic rings. The Morgan fingerprint density at radius 3 is 2.56 bits per heavy atom. The number of amides is 1. The van der Waals surface area contributed by atoms with Crippen molar-refractivity contribution in [1.82, 2.24) is 0 Å². The lowest BCUT2D eigenvalue weighted by molar-refractivity contribution is -0.114. The topological polar surface area (TPSA) is 50.4 Å². The molecule has 2 aromatic carbocycles. The molecule has 0 bridgehead atoms. The maximum atomic E-state index is 12.1. The summed E-state index contributed by atoms with van der Waals surface area (Å²) in [6, 6.07) is 13.0. The molecular weight excluding hydrogens is 336 g/mol. The van der Waals surface area contributed by atoms with Gasteiger partial charge in [-0.3, -0.25) is 4.79 Å². The monoisotopic (exact) mass is 360 g/mol. The van der Waals surface area contributed by atoms with Gasteiger partial charge in [-0.2, -0.15) is 0 Å². The molecule has 25 heavy (non-hydrogen) atoms. The minimum atomic E-state index is -0.118. The van der Waals surface area contributed by atoms with Crippen molar-refractivity contribution < 1.29 is 9.53 Å². The number of halogens is 1. The fraction of sp³-hybridized carbons (Fsp3) is 0.350. The molecule has 0 heterocycles. The zero-order valence-electron chi connectivity index (χ0n) is 14.9. The second kappa shape index (κ2) is 9.33. The van der Waals surface area contributed by atoms with Gasteiger partial charge in [-0.25, -0.2) is 0 Å². The first-order chi connectivity index (χ1) is 12.0. The van der Waals surface area contributed by atoms with Crippen LogP contribution in [0.1, 0.15) is 25.8 Å². The Morgan fingerprint density at radius 2 is 1.88 bits per heavy atom. The zero-order valence-corrected chi connectivity index (χ0v) is 15.7. The highest BCUT2D eigenvalue weighted by atomic mass is 35.5. The highest BCUT2D eigenvalue weighted by Crippen LogP contribution is 2.22. The Hall–Kier alpha value is -2.20. The van der Waals surface area contributed by atoms with Gasteiger partial charge < -0.3 is 15.4 Å². The van der Waals surface area contributed by atoms with E-state index in [0.717, 1.165) is 29.1 Å². The van der Waals surface area contributed by atoms with Gasteiger partial charge in [0.15, 0.2) is 0 Å². The van der Waals surface area contributed by atoms with Crippen molar-refractivity contribution in [3.05, 3.63) is 53.1 Å². The van der Waals surface area contributed by atoms with Gasteiger partial charge in [0.2, 0.25) is 5.91 Å². The van der Waals surface area contributed by atoms with Crippen molar-refractivity contribution in [2.24, 2.45) is 5.92 Å². The van der Waals surface area contributed by atoms with E-state index in [1.54, 1.807) is 0 Å². The molecule has 134 valence electrons. The number of benzene rings is 2. The molecule has 4 nitrogen and oxygen atoms in total. The Balaban J connectivity index is 1.81. The van der Waals surface area contributed by atoms with E-state index in [9.17, 15) is 4.79 Å². The number of rotatable bonds is 8. The summed E-state index contributed by atoms with van der Waals surface area (Å²) in [6.07, 6.45) is 1.02. The third-order valence-electron chi connectivity index (χ3n) is 3.81. The summed E-state index contributed by atoms with van der Waals surface area (Å²) in [5.74, 6) is 1.31. The molecule has 0 spiro atoms. The minimum absolute atomic E-state index is 0.118. The van der Waals surface area contributed by atoms with Crippen molar-refractivity contribution in [3.8, 4) is 5.75 Å². The number of carbonyl (C=O) groups is 1. The number of hydrogen-bond donors (Lipinski definition) is 2. The summed E-state index contributed by atoms with van der Waals surface area (Å²) in [5.41, 5.74) is 2.53. The van der Waals surface area contributed by atoms with E-state index in [1.165, 1.54) is 0 Å². The molecule has 0 saturated carbocycles. The summed E-state index contributed by atoms with van der Waals surface area (Å²) in [7, 11) is 0. The SMILES string of the molecule is Cc1c(Cl)cccc1NCC(=O)Nc1ccc(OCCC(C)C)cc1. The number of anilines is 2. The third kappa shape index (κ3) is 6.31. The van der Waals surface area contributed by atoms with Gasteiger partial charge in [0.1, 0.15) is 5.75 Å². The first kappa shape index (κ1) is 19.1. The highest BCUT2D eigenvalue weighted by Gasteiger charge is 2.06. The van der Waals surface area contributed by atoms with E-state index in [-0.39, 0.29) is 12.5 Å². The van der Waals surface area contributed by atoms with Crippen LogP contribution in [-0.4, -0.2) is 19.1 Å². The lowest BCUT2D eigenvalue weighted by atomic mass is 10.1. The normalized spacial score (nSPS) is 10.6. The first-order valence-corrected chi connectivity index (χ1v) is 8.85. The van der Waals surface area contributed by atoms with Gasteiger partial charge in [-0.15, -0.1) is 0 Å². The van der Waals surface area contributed by atoms with Crippen LogP contribution in [0.3, 0.4) is 0 Å². The Labute approximate surface area is 154 Å². The van der Waals surface area contributed by atoms with Crippen LogP contribution in [-0.2, 0) is 4.79 Å². The zero-order chi connectivity index (χ0) is 18.2. The van der Waals surface area contributed by atoms with E-state index in [4.69, 9.17) is 16.3 Å². The minimum Gasteiger partial charge on any atom is -0.494 e. The van der Waals surface area contributed by atoms with Crippen molar-refractivity contribution in [2.45, 2.75) is 27.2 Å². The van der Waals surface area contributed by atoms with Crippen LogP contribution in [0, 0.1) is 12.8 Å². The largest absolute Gasteiger partial charge is 0.494 e. The molecule has 0 aliphatic rings. The number of nitrogens with one attached hydrogen (secondary N) is 2. The highest BCUT2D eigenvalue weighted by molar-refractivity contribution is 6.31.